The number of carbonyl (C=O) groups is 1. The molecule has 0 aliphatic heterocycles. The highest BCUT2D eigenvalue weighted by molar-refractivity contribution is 5.68. The van der Waals surface area contributed by atoms with Crippen LogP contribution in [0, 0.1) is 0 Å². The van der Waals surface area contributed by atoms with Crippen LogP contribution in [-0.2, 0) is 14.3 Å². The Balaban J connectivity index is 3.59. The molecule has 0 radical (unpaired) electrons. The third-order valence-corrected chi connectivity index (χ3v) is 3.95. The number of hydrogen-bond donors (Lipinski definition) is 0. The van der Waals surface area contributed by atoms with Crippen molar-refractivity contribution in [1.82, 2.24) is 0 Å². The number of rotatable bonds is 15. The summed E-state index contributed by atoms with van der Waals surface area (Å²) in [6.45, 7) is 2.23. The van der Waals surface area contributed by atoms with E-state index < -0.39 is 0 Å². The van der Waals surface area contributed by atoms with Gasteiger partial charge in [0.1, 0.15) is 0 Å². The van der Waals surface area contributed by atoms with E-state index in [-0.39, 0.29) is 12.1 Å². The molecular formula is C20H36O3. The van der Waals surface area contributed by atoms with Gasteiger partial charge in [0.15, 0.2) is 0 Å². The molecule has 0 N–H and O–H groups in total. The quantitative estimate of drug-likeness (QED) is 0.223. The Morgan fingerprint density at radius 2 is 1.70 bits per heavy atom. The van der Waals surface area contributed by atoms with Gasteiger partial charge in [0, 0.05) is 13.5 Å². The molecule has 0 heterocycles. The number of carbonyl (C=O) groups excluding carboxylic acids is 1. The summed E-state index contributed by atoms with van der Waals surface area (Å²) >= 11 is 0. The van der Waals surface area contributed by atoms with Gasteiger partial charge in [-0.15, -0.1) is 0 Å². The molecule has 0 rings (SSSR count). The zero-order valence-electron chi connectivity index (χ0n) is 15.4. The van der Waals surface area contributed by atoms with Crippen molar-refractivity contribution in [3.8, 4) is 0 Å². The standard InChI is InChI=1S/C20H36O3/c1-4-5-6-7-8-10-13-16-19(22-2)17-14-11-9-12-15-18-20(21)23-3/h8,10,13,16,19H,4-7,9,11-12,14-15,17-18H2,1-3H3. The van der Waals surface area contributed by atoms with Gasteiger partial charge in [-0.3, -0.25) is 4.79 Å². The molecule has 3 heteroatoms. The summed E-state index contributed by atoms with van der Waals surface area (Å²) in [5.74, 6) is -0.0997. The Morgan fingerprint density at radius 3 is 2.39 bits per heavy atom. The zero-order valence-corrected chi connectivity index (χ0v) is 15.4. The van der Waals surface area contributed by atoms with Crippen LogP contribution < -0.4 is 0 Å². The smallest absolute Gasteiger partial charge is 0.305 e. The SMILES string of the molecule is CCCCCC=CC=CC(CCCCCCCC(=O)OC)OC. The fraction of sp³-hybridized carbons (Fsp3) is 0.750. The van der Waals surface area contributed by atoms with Gasteiger partial charge in [-0.25, -0.2) is 0 Å². The Kier molecular flexibility index (Phi) is 16.4. The lowest BCUT2D eigenvalue weighted by atomic mass is 10.1. The van der Waals surface area contributed by atoms with Crippen LogP contribution in [0.15, 0.2) is 24.3 Å². The monoisotopic (exact) mass is 324 g/mol. The van der Waals surface area contributed by atoms with Crippen molar-refractivity contribution in [2.75, 3.05) is 14.2 Å². The highest BCUT2D eigenvalue weighted by Gasteiger charge is 2.02. The van der Waals surface area contributed by atoms with Gasteiger partial charge in [-0.2, -0.15) is 0 Å². The van der Waals surface area contributed by atoms with E-state index in [0.29, 0.717) is 6.42 Å². The zero-order chi connectivity index (χ0) is 17.2. The molecule has 23 heavy (non-hydrogen) atoms. The minimum absolute atomic E-state index is 0.0997. The number of esters is 1. The van der Waals surface area contributed by atoms with Crippen molar-refractivity contribution in [1.29, 1.82) is 0 Å². The van der Waals surface area contributed by atoms with Crippen LogP contribution in [0.5, 0.6) is 0 Å². The number of ether oxygens (including phenoxy) is 2. The van der Waals surface area contributed by atoms with Crippen molar-refractivity contribution in [3.05, 3.63) is 24.3 Å². The number of methoxy groups -OCH3 is 2. The molecule has 0 aliphatic rings. The van der Waals surface area contributed by atoms with Crippen molar-refractivity contribution in [2.45, 2.75) is 83.7 Å². The van der Waals surface area contributed by atoms with Crippen LogP contribution in [0.4, 0.5) is 0 Å². The number of hydrogen-bond acceptors (Lipinski definition) is 3. The third-order valence-electron chi connectivity index (χ3n) is 3.95. The van der Waals surface area contributed by atoms with Crippen LogP contribution >= 0.6 is 0 Å². The minimum atomic E-state index is -0.0997. The average Bonchev–Trinajstić information content (AvgIpc) is 2.57. The summed E-state index contributed by atoms with van der Waals surface area (Å²) in [5, 5.41) is 0. The molecule has 0 spiro atoms. The van der Waals surface area contributed by atoms with Crippen molar-refractivity contribution < 1.29 is 14.3 Å². The molecule has 0 aromatic heterocycles. The van der Waals surface area contributed by atoms with Crippen LogP contribution in [0.3, 0.4) is 0 Å². The van der Waals surface area contributed by atoms with Crippen LogP contribution in [-0.4, -0.2) is 26.3 Å². The summed E-state index contributed by atoms with van der Waals surface area (Å²) in [7, 11) is 3.22. The number of allylic oxidation sites excluding steroid dienone is 3. The first kappa shape index (κ1) is 21.9. The molecule has 0 aromatic rings. The first-order valence-electron chi connectivity index (χ1n) is 9.17. The molecule has 1 unspecified atom stereocenters. The van der Waals surface area contributed by atoms with E-state index >= 15 is 0 Å². The topological polar surface area (TPSA) is 35.5 Å². The minimum Gasteiger partial charge on any atom is -0.469 e. The second-order valence-electron chi connectivity index (χ2n) is 5.97. The third kappa shape index (κ3) is 15.6. The van der Waals surface area contributed by atoms with Gasteiger partial charge >= 0.3 is 5.97 Å². The molecule has 1 atom stereocenters. The summed E-state index contributed by atoms with van der Waals surface area (Å²) in [5.41, 5.74) is 0. The highest BCUT2D eigenvalue weighted by atomic mass is 16.5. The van der Waals surface area contributed by atoms with E-state index in [1.165, 1.54) is 52.1 Å². The Morgan fingerprint density at radius 1 is 0.957 bits per heavy atom. The lowest BCUT2D eigenvalue weighted by Crippen LogP contribution is -2.06. The highest BCUT2D eigenvalue weighted by Crippen LogP contribution is 2.11. The van der Waals surface area contributed by atoms with Gasteiger partial charge < -0.3 is 9.47 Å². The van der Waals surface area contributed by atoms with Crippen LogP contribution in [0.25, 0.3) is 0 Å². The maximum absolute atomic E-state index is 11.0. The van der Waals surface area contributed by atoms with Crippen molar-refractivity contribution >= 4 is 5.97 Å². The molecule has 3 nitrogen and oxygen atoms in total. The molecule has 0 aliphatic carbocycles. The Labute approximate surface area is 143 Å². The summed E-state index contributed by atoms with van der Waals surface area (Å²) in [6, 6.07) is 0. The normalized spacial score (nSPS) is 13.0. The van der Waals surface area contributed by atoms with Crippen LogP contribution in [0.1, 0.15) is 77.6 Å². The fourth-order valence-corrected chi connectivity index (χ4v) is 2.41. The maximum atomic E-state index is 11.0. The van der Waals surface area contributed by atoms with Gasteiger partial charge in [0.05, 0.1) is 13.2 Å². The van der Waals surface area contributed by atoms with Crippen molar-refractivity contribution in [3.63, 3.8) is 0 Å². The fourth-order valence-electron chi connectivity index (χ4n) is 2.41. The molecule has 134 valence electrons. The molecule has 0 bridgehead atoms. The number of unbranched alkanes of at least 4 members (excludes halogenated alkanes) is 7. The predicted molar refractivity (Wildman–Crippen MR) is 97.6 cm³/mol. The van der Waals surface area contributed by atoms with E-state index in [1.54, 1.807) is 7.11 Å². The Hall–Kier alpha value is -1.09. The Bertz CT molecular complexity index is 321. The first-order chi connectivity index (χ1) is 11.2. The molecule has 0 saturated carbocycles. The molecule has 0 fully saturated rings. The second-order valence-corrected chi connectivity index (χ2v) is 5.97. The maximum Gasteiger partial charge on any atom is 0.305 e. The van der Waals surface area contributed by atoms with E-state index in [2.05, 4.69) is 36.0 Å². The van der Waals surface area contributed by atoms with Crippen LogP contribution in [0.2, 0.25) is 0 Å². The van der Waals surface area contributed by atoms with Crippen molar-refractivity contribution in [2.24, 2.45) is 0 Å². The van der Waals surface area contributed by atoms with E-state index in [9.17, 15) is 4.79 Å². The van der Waals surface area contributed by atoms with Gasteiger partial charge in [0.25, 0.3) is 0 Å². The molecule has 0 aromatic carbocycles. The molecule has 0 saturated heterocycles. The molecule has 0 amide bonds. The van der Waals surface area contributed by atoms with E-state index in [0.717, 1.165) is 19.3 Å². The largest absolute Gasteiger partial charge is 0.469 e. The first-order valence-corrected chi connectivity index (χ1v) is 9.17. The van der Waals surface area contributed by atoms with E-state index in [4.69, 9.17) is 4.74 Å². The lowest BCUT2D eigenvalue weighted by Gasteiger charge is -2.10. The lowest BCUT2D eigenvalue weighted by molar-refractivity contribution is -0.140. The summed E-state index contributed by atoms with van der Waals surface area (Å²) < 4.78 is 10.1. The van der Waals surface area contributed by atoms with Gasteiger partial charge in [-0.1, -0.05) is 69.8 Å². The predicted octanol–water partition coefficient (Wildman–Crippen LogP) is 5.60. The van der Waals surface area contributed by atoms with Gasteiger partial charge in [0.2, 0.25) is 0 Å². The summed E-state index contributed by atoms with van der Waals surface area (Å²) in [4.78, 5) is 11.0. The second kappa shape index (κ2) is 17.3. The van der Waals surface area contributed by atoms with Gasteiger partial charge in [-0.05, 0) is 25.7 Å². The molecular weight excluding hydrogens is 288 g/mol. The van der Waals surface area contributed by atoms with E-state index in [1.807, 2.05) is 0 Å². The average molecular weight is 325 g/mol. The summed E-state index contributed by atoms with van der Waals surface area (Å²) in [6.07, 6.45) is 21.1.